The van der Waals surface area contributed by atoms with Gasteiger partial charge in [0.05, 0.1) is 18.5 Å². The van der Waals surface area contributed by atoms with Crippen LogP contribution in [0.15, 0.2) is 36.4 Å². The van der Waals surface area contributed by atoms with Gasteiger partial charge < -0.3 is 15.8 Å². The van der Waals surface area contributed by atoms with Gasteiger partial charge in [0.2, 0.25) is 0 Å². The van der Waals surface area contributed by atoms with Crippen molar-refractivity contribution in [3.8, 4) is 5.75 Å². The van der Waals surface area contributed by atoms with Crippen LogP contribution in [0.25, 0.3) is 0 Å². The average molecular weight is 277 g/mol. The molecule has 0 aliphatic heterocycles. The maximum absolute atomic E-state index is 6.20. The summed E-state index contributed by atoms with van der Waals surface area (Å²) < 4.78 is 5.32. The van der Waals surface area contributed by atoms with Crippen molar-refractivity contribution in [3.63, 3.8) is 0 Å². The zero-order chi connectivity index (χ0) is 13.8. The molecule has 0 aromatic heterocycles. The van der Waals surface area contributed by atoms with Gasteiger partial charge in [-0.1, -0.05) is 29.8 Å². The van der Waals surface area contributed by atoms with E-state index < -0.39 is 0 Å². The molecule has 0 unspecified atom stereocenters. The number of aryl methyl sites for hydroxylation is 1. The molecule has 0 aliphatic rings. The summed E-state index contributed by atoms with van der Waals surface area (Å²) in [7, 11) is 1.64. The number of nitrogens with two attached hydrogens (primary N) is 1. The van der Waals surface area contributed by atoms with Crippen molar-refractivity contribution in [1.82, 2.24) is 0 Å². The first kappa shape index (κ1) is 13.6. The van der Waals surface area contributed by atoms with Gasteiger partial charge in [0, 0.05) is 17.1 Å². The molecule has 3 N–H and O–H groups in total. The lowest BCUT2D eigenvalue weighted by molar-refractivity contribution is 0.410. The second-order valence-electron chi connectivity index (χ2n) is 4.31. The van der Waals surface area contributed by atoms with Crippen LogP contribution in [-0.4, -0.2) is 7.11 Å². The van der Waals surface area contributed by atoms with Crippen molar-refractivity contribution in [2.24, 2.45) is 0 Å². The number of nitrogens with one attached hydrogen (secondary N) is 1. The van der Waals surface area contributed by atoms with Gasteiger partial charge in [0.15, 0.2) is 0 Å². The predicted octanol–water partition coefficient (Wildman–Crippen LogP) is 3.85. The molecule has 0 amide bonds. The highest BCUT2D eigenvalue weighted by Gasteiger charge is 2.09. The van der Waals surface area contributed by atoms with E-state index in [1.165, 1.54) is 0 Å². The van der Waals surface area contributed by atoms with Gasteiger partial charge in [-0.2, -0.15) is 0 Å². The molecule has 0 spiro atoms. The molecular weight excluding hydrogens is 260 g/mol. The Morgan fingerprint density at radius 1 is 1.21 bits per heavy atom. The van der Waals surface area contributed by atoms with E-state index in [4.69, 9.17) is 22.1 Å². The molecule has 4 heteroatoms. The molecule has 2 aromatic carbocycles. The van der Waals surface area contributed by atoms with Gasteiger partial charge in [-0.15, -0.1) is 0 Å². The van der Waals surface area contributed by atoms with Gasteiger partial charge >= 0.3 is 0 Å². The molecule has 19 heavy (non-hydrogen) atoms. The first-order valence-corrected chi connectivity index (χ1v) is 6.41. The van der Waals surface area contributed by atoms with E-state index in [1.807, 2.05) is 43.3 Å². The molecule has 0 saturated heterocycles. The Balaban J connectivity index is 2.24. The SMILES string of the molecule is COc1cccc(Cl)c1CNc1c(C)cccc1N. The van der Waals surface area contributed by atoms with Crippen LogP contribution in [0.5, 0.6) is 5.75 Å². The topological polar surface area (TPSA) is 47.3 Å². The molecule has 0 aliphatic carbocycles. The number of para-hydroxylation sites is 1. The molecule has 0 bridgehead atoms. The predicted molar refractivity (Wildman–Crippen MR) is 80.9 cm³/mol. The van der Waals surface area contributed by atoms with E-state index in [1.54, 1.807) is 7.11 Å². The Morgan fingerprint density at radius 3 is 2.63 bits per heavy atom. The summed E-state index contributed by atoms with van der Waals surface area (Å²) in [6.45, 7) is 2.58. The van der Waals surface area contributed by atoms with Crippen LogP contribution >= 0.6 is 11.6 Å². The Kier molecular flexibility index (Phi) is 4.17. The van der Waals surface area contributed by atoms with Crippen LogP contribution in [0.2, 0.25) is 5.02 Å². The maximum Gasteiger partial charge on any atom is 0.125 e. The zero-order valence-corrected chi connectivity index (χ0v) is 11.8. The summed E-state index contributed by atoms with van der Waals surface area (Å²) in [5.41, 5.74) is 9.66. The maximum atomic E-state index is 6.20. The lowest BCUT2D eigenvalue weighted by Crippen LogP contribution is -2.06. The average Bonchev–Trinajstić information content (AvgIpc) is 2.39. The molecule has 100 valence electrons. The number of rotatable bonds is 4. The molecule has 0 saturated carbocycles. The molecule has 0 atom stereocenters. The highest BCUT2D eigenvalue weighted by Crippen LogP contribution is 2.29. The summed E-state index contributed by atoms with van der Waals surface area (Å²) in [6, 6.07) is 11.4. The number of methoxy groups -OCH3 is 1. The molecule has 0 radical (unpaired) electrons. The van der Waals surface area contributed by atoms with E-state index in [0.717, 1.165) is 28.3 Å². The van der Waals surface area contributed by atoms with Crippen molar-refractivity contribution in [2.45, 2.75) is 13.5 Å². The van der Waals surface area contributed by atoms with E-state index >= 15 is 0 Å². The van der Waals surface area contributed by atoms with E-state index in [-0.39, 0.29) is 0 Å². The van der Waals surface area contributed by atoms with Crippen LogP contribution in [0.3, 0.4) is 0 Å². The van der Waals surface area contributed by atoms with Gasteiger partial charge in [0.1, 0.15) is 5.75 Å². The smallest absolute Gasteiger partial charge is 0.125 e. The molecule has 2 aromatic rings. The highest BCUT2D eigenvalue weighted by molar-refractivity contribution is 6.31. The second-order valence-corrected chi connectivity index (χ2v) is 4.72. The zero-order valence-electron chi connectivity index (χ0n) is 11.0. The molecule has 3 nitrogen and oxygen atoms in total. The molecule has 0 heterocycles. The first-order valence-electron chi connectivity index (χ1n) is 6.04. The monoisotopic (exact) mass is 276 g/mol. The summed E-state index contributed by atoms with van der Waals surface area (Å²) in [5, 5.41) is 4.00. The minimum absolute atomic E-state index is 0.567. The Morgan fingerprint density at radius 2 is 1.95 bits per heavy atom. The van der Waals surface area contributed by atoms with Gasteiger partial charge in [-0.05, 0) is 30.7 Å². The molecule has 2 rings (SSSR count). The third-order valence-electron chi connectivity index (χ3n) is 3.04. The van der Waals surface area contributed by atoms with Crippen LogP contribution in [0.4, 0.5) is 11.4 Å². The van der Waals surface area contributed by atoms with Crippen LogP contribution in [0, 0.1) is 6.92 Å². The number of hydrogen-bond acceptors (Lipinski definition) is 3. The summed E-state index contributed by atoms with van der Waals surface area (Å²) in [6.07, 6.45) is 0. The molecule has 0 fully saturated rings. The van der Waals surface area contributed by atoms with Crippen molar-refractivity contribution in [3.05, 3.63) is 52.5 Å². The van der Waals surface area contributed by atoms with Gasteiger partial charge in [0.25, 0.3) is 0 Å². The lowest BCUT2D eigenvalue weighted by Gasteiger charge is -2.15. The first-order chi connectivity index (χ1) is 9.13. The second kappa shape index (κ2) is 5.85. The summed E-state index contributed by atoms with van der Waals surface area (Å²) in [5.74, 6) is 0.771. The van der Waals surface area contributed by atoms with Crippen molar-refractivity contribution in [1.29, 1.82) is 0 Å². The summed E-state index contributed by atoms with van der Waals surface area (Å²) >= 11 is 6.20. The normalized spacial score (nSPS) is 10.3. The molecular formula is C15H17ClN2O. The van der Waals surface area contributed by atoms with Crippen LogP contribution in [-0.2, 0) is 6.54 Å². The van der Waals surface area contributed by atoms with Crippen molar-refractivity contribution < 1.29 is 4.74 Å². The fourth-order valence-electron chi connectivity index (χ4n) is 2.01. The minimum atomic E-state index is 0.567. The Hall–Kier alpha value is -1.87. The quantitative estimate of drug-likeness (QED) is 0.834. The fraction of sp³-hybridized carbons (Fsp3) is 0.200. The Labute approximate surface area is 118 Å². The number of halogens is 1. The number of ether oxygens (including phenoxy) is 1. The third-order valence-corrected chi connectivity index (χ3v) is 3.40. The number of hydrogen-bond donors (Lipinski definition) is 2. The van der Waals surface area contributed by atoms with E-state index in [0.29, 0.717) is 11.6 Å². The van der Waals surface area contributed by atoms with E-state index in [9.17, 15) is 0 Å². The van der Waals surface area contributed by atoms with Crippen molar-refractivity contribution in [2.75, 3.05) is 18.2 Å². The van der Waals surface area contributed by atoms with Crippen LogP contribution < -0.4 is 15.8 Å². The fourth-order valence-corrected chi connectivity index (χ4v) is 2.24. The van der Waals surface area contributed by atoms with Crippen molar-refractivity contribution >= 4 is 23.0 Å². The highest BCUT2D eigenvalue weighted by atomic mass is 35.5. The van der Waals surface area contributed by atoms with Crippen LogP contribution in [0.1, 0.15) is 11.1 Å². The largest absolute Gasteiger partial charge is 0.496 e. The third kappa shape index (κ3) is 2.93. The number of anilines is 2. The standard InChI is InChI=1S/C15H17ClN2O/c1-10-5-3-7-13(17)15(10)18-9-11-12(16)6-4-8-14(11)19-2/h3-8,18H,9,17H2,1-2H3. The number of benzene rings is 2. The van der Waals surface area contributed by atoms with Gasteiger partial charge in [-0.3, -0.25) is 0 Å². The minimum Gasteiger partial charge on any atom is -0.496 e. The summed E-state index contributed by atoms with van der Waals surface area (Å²) in [4.78, 5) is 0. The number of nitrogen functional groups attached to an aromatic ring is 1. The van der Waals surface area contributed by atoms with Gasteiger partial charge in [-0.25, -0.2) is 0 Å². The lowest BCUT2D eigenvalue weighted by atomic mass is 10.1. The Bertz CT molecular complexity index is 564. The van der Waals surface area contributed by atoms with E-state index in [2.05, 4.69) is 5.32 Å².